The zero-order chi connectivity index (χ0) is 13.8. The van der Waals surface area contributed by atoms with E-state index in [0.717, 1.165) is 26.1 Å². The summed E-state index contributed by atoms with van der Waals surface area (Å²) in [5.74, 6) is 0. The number of fused-ring (bicyclic) bond motifs is 1. The number of anilines is 1. The SMILES string of the molecule is CCNC1CCCc2nc(N(C)CCN(C)C)sc21. The summed E-state index contributed by atoms with van der Waals surface area (Å²) in [7, 11) is 6.37. The van der Waals surface area contributed by atoms with Crippen LogP contribution in [0.25, 0.3) is 0 Å². The molecule has 0 saturated heterocycles. The topological polar surface area (TPSA) is 31.4 Å². The van der Waals surface area contributed by atoms with Crippen LogP contribution in [0.5, 0.6) is 0 Å². The van der Waals surface area contributed by atoms with Crippen LogP contribution < -0.4 is 10.2 Å². The van der Waals surface area contributed by atoms with E-state index in [0.29, 0.717) is 6.04 Å². The zero-order valence-electron chi connectivity index (χ0n) is 12.6. The zero-order valence-corrected chi connectivity index (χ0v) is 13.4. The lowest BCUT2D eigenvalue weighted by Gasteiger charge is -2.21. The molecule has 1 N–H and O–H groups in total. The van der Waals surface area contributed by atoms with Crippen LogP contribution in [0.15, 0.2) is 0 Å². The molecule has 0 radical (unpaired) electrons. The van der Waals surface area contributed by atoms with Crippen molar-refractivity contribution in [3.63, 3.8) is 0 Å². The van der Waals surface area contributed by atoms with Crippen molar-refractivity contribution in [2.75, 3.05) is 45.7 Å². The molecule has 1 atom stereocenters. The van der Waals surface area contributed by atoms with E-state index in [1.54, 1.807) is 0 Å². The van der Waals surface area contributed by atoms with Crippen molar-refractivity contribution in [3.05, 3.63) is 10.6 Å². The summed E-state index contributed by atoms with van der Waals surface area (Å²) < 4.78 is 0. The Labute approximate surface area is 120 Å². The van der Waals surface area contributed by atoms with Gasteiger partial charge < -0.3 is 15.1 Å². The molecule has 0 aromatic carbocycles. The number of nitrogens with one attached hydrogen (secondary N) is 1. The third-order valence-electron chi connectivity index (χ3n) is 3.60. The Morgan fingerprint density at radius 2 is 2.11 bits per heavy atom. The highest BCUT2D eigenvalue weighted by Gasteiger charge is 2.24. The van der Waals surface area contributed by atoms with Crippen LogP contribution in [0, 0.1) is 0 Å². The van der Waals surface area contributed by atoms with Crippen LogP contribution in [0.4, 0.5) is 5.13 Å². The Bertz CT molecular complexity index is 402. The second-order valence-corrected chi connectivity index (χ2v) is 6.54. The van der Waals surface area contributed by atoms with E-state index in [2.05, 4.69) is 43.2 Å². The highest BCUT2D eigenvalue weighted by molar-refractivity contribution is 7.15. The van der Waals surface area contributed by atoms with E-state index in [1.807, 2.05) is 11.3 Å². The maximum absolute atomic E-state index is 4.85. The second-order valence-electron chi connectivity index (χ2n) is 5.53. The smallest absolute Gasteiger partial charge is 0.185 e. The molecule has 0 aliphatic heterocycles. The average Bonchev–Trinajstić information content (AvgIpc) is 2.81. The van der Waals surface area contributed by atoms with Gasteiger partial charge in [-0.05, 0) is 39.9 Å². The minimum Gasteiger partial charge on any atom is -0.350 e. The van der Waals surface area contributed by atoms with Crippen molar-refractivity contribution in [1.82, 2.24) is 15.2 Å². The molecule has 0 amide bonds. The van der Waals surface area contributed by atoms with Crippen LogP contribution in [-0.2, 0) is 6.42 Å². The summed E-state index contributed by atoms with van der Waals surface area (Å²) in [5.41, 5.74) is 1.33. The van der Waals surface area contributed by atoms with Crippen molar-refractivity contribution in [3.8, 4) is 0 Å². The summed E-state index contributed by atoms with van der Waals surface area (Å²) in [6.45, 7) is 5.32. The summed E-state index contributed by atoms with van der Waals surface area (Å²) in [6.07, 6.45) is 3.66. The average molecular weight is 282 g/mol. The van der Waals surface area contributed by atoms with Crippen LogP contribution in [0.1, 0.15) is 36.4 Å². The fourth-order valence-corrected chi connectivity index (χ4v) is 3.67. The van der Waals surface area contributed by atoms with Gasteiger partial charge in [0.25, 0.3) is 0 Å². The van der Waals surface area contributed by atoms with E-state index in [4.69, 9.17) is 4.98 Å². The lowest BCUT2D eigenvalue weighted by Crippen LogP contribution is -2.28. The molecule has 108 valence electrons. The number of hydrogen-bond donors (Lipinski definition) is 1. The van der Waals surface area contributed by atoms with Gasteiger partial charge in [0.05, 0.1) is 5.69 Å². The number of aromatic nitrogens is 1. The Morgan fingerprint density at radius 1 is 1.32 bits per heavy atom. The van der Waals surface area contributed by atoms with Crippen molar-refractivity contribution < 1.29 is 0 Å². The number of thiazole rings is 1. The largest absolute Gasteiger partial charge is 0.350 e. The van der Waals surface area contributed by atoms with E-state index in [1.165, 1.54) is 28.5 Å². The number of hydrogen-bond acceptors (Lipinski definition) is 5. The van der Waals surface area contributed by atoms with Gasteiger partial charge in [-0.15, -0.1) is 0 Å². The van der Waals surface area contributed by atoms with Crippen LogP contribution in [0.3, 0.4) is 0 Å². The molecule has 1 heterocycles. The molecule has 1 aromatic heterocycles. The first kappa shape index (κ1) is 14.8. The van der Waals surface area contributed by atoms with Gasteiger partial charge in [0.1, 0.15) is 0 Å². The highest BCUT2D eigenvalue weighted by atomic mass is 32.1. The Hall–Kier alpha value is -0.650. The molecule has 0 bridgehead atoms. The monoisotopic (exact) mass is 282 g/mol. The van der Waals surface area contributed by atoms with E-state index < -0.39 is 0 Å². The fraction of sp³-hybridized carbons (Fsp3) is 0.786. The summed E-state index contributed by atoms with van der Waals surface area (Å²) >= 11 is 1.88. The maximum Gasteiger partial charge on any atom is 0.185 e. The minimum absolute atomic E-state index is 0.530. The quantitative estimate of drug-likeness (QED) is 0.866. The first-order valence-electron chi connectivity index (χ1n) is 7.20. The molecule has 1 unspecified atom stereocenters. The lowest BCUT2D eigenvalue weighted by atomic mass is 9.98. The van der Waals surface area contributed by atoms with E-state index in [-0.39, 0.29) is 0 Å². The van der Waals surface area contributed by atoms with Gasteiger partial charge in [-0.25, -0.2) is 4.98 Å². The molecule has 2 rings (SSSR count). The molecular weight excluding hydrogens is 256 g/mol. The fourth-order valence-electron chi connectivity index (χ4n) is 2.46. The first-order chi connectivity index (χ1) is 9.11. The molecule has 0 spiro atoms. The van der Waals surface area contributed by atoms with Gasteiger partial charge in [-0.3, -0.25) is 0 Å². The molecule has 0 saturated carbocycles. The molecule has 1 aliphatic carbocycles. The van der Waals surface area contributed by atoms with Gasteiger partial charge in [-0.1, -0.05) is 18.3 Å². The van der Waals surface area contributed by atoms with E-state index in [9.17, 15) is 0 Å². The van der Waals surface area contributed by atoms with Crippen molar-refractivity contribution in [2.24, 2.45) is 0 Å². The van der Waals surface area contributed by atoms with Gasteiger partial charge in [0, 0.05) is 31.1 Å². The third kappa shape index (κ3) is 3.68. The predicted octanol–water partition coefficient (Wildman–Crippen LogP) is 2.13. The van der Waals surface area contributed by atoms with Crippen molar-refractivity contribution in [2.45, 2.75) is 32.2 Å². The normalized spacial score (nSPS) is 18.7. The first-order valence-corrected chi connectivity index (χ1v) is 8.02. The molecule has 19 heavy (non-hydrogen) atoms. The number of rotatable bonds is 6. The number of nitrogens with zero attached hydrogens (tertiary/aromatic N) is 3. The molecular formula is C14H26N4S. The lowest BCUT2D eigenvalue weighted by molar-refractivity contribution is 0.416. The summed E-state index contributed by atoms with van der Waals surface area (Å²) in [5, 5.41) is 4.76. The van der Waals surface area contributed by atoms with Crippen LogP contribution in [0.2, 0.25) is 0 Å². The van der Waals surface area contributed by atoms with Gasteiger partial charge in [0.15, 0.2) is 5.13 Å². The molecule has 5 heteroatoms. The molecule has 4 nitrogen and oxygen atoms in total. The number of likely N-dealkylation sites (N-methyl/N-ethyl adjacent to an activating group) is 2. The third-order valence-corrected chi connectivity index (χ3v) is 4.92. The number of aryl methyl sites for hydroxylation is 1. The summed E-state index contributed by atoms with van der Waals surface area (Å²) in [6, 6.07) is 0.530. The maximum atomic E-state index is 4.85. The predicted molar refractivity (Wildman–Crippen MR) is 83.3 cm³/mol. The molecule has 0 fully saturated rings. The standard InChI is InChI=1S/C14H26N4S/c1-5-15-11-7-6-8-12-13(11)19-14(16-12)18(4)10-9-17(2)3/h11,15H,5-10H2,1-4H3. The van der Waals surface area contributed by atoms with Gasteiger partial charge >= 0.3 is 0 Å². The second kappa shape index (κ2) is 6.68. The summed E-state index contributed by atoms with van der Waals surface area (Å²) in [4.78, 5) is 10.8. The Morgan fingerprint density at radius 3 is 2.79 bits per heavy atom. The highest BCUT2D eigenvalue weighted by Crippen LogP contribution is 2.37. The van der Waals surface area contributed by atoms with Crippen molar-refractivity contribution >= 4 is 16.5 Å². The van der Waals surface area contributed by atoms with Crippen LogP contribution >= 0.6 is 11.3 Å². The van der Waals surface area contributed by atoms with Gasteiger partial charge in [0.2, 0.25) is 0 Å². The van der Waals surface area contributed by atoms with Crippen molar-refractivity contribution in [1.29, 1.82) is 0 Å². The molecule has 1 aliphatic rings. The Balaban J connectivity index is 2.07. The van der Waals surface area contributed by atoms with Crippen LogP contribution in [-0.4, -0.2) is 50.7 Å². The minimum atomic E-state index is 0.530. The molecule has 1 aromatic rings. The Kier molecular flexibility index (Phi) is 5.19. The van der Waals surface area contributed by atoms with E-state index >= 15 is 0 Å². The van der Waals surface area contributed by atoms with Gasteiger partial charge in [-0.2, -0.15) is 0 Å².